The number of ether oxygens (including phenoxy) is 1. The van der Waals surface area contributed by atoms with Crippen molar-refractivity contribution >= 4 is 11.8 Å². The van der Waals surface area contributed by atoms with Gasteiger partial charge in [-0.15, -0.1) is 0 Å². The largest absolute Gasteiger partial charge is 0.497 e. The first-order valence-corrected chi connectivity index (χ1v) is 12.9. The molecule has 1 fully saturated rings. The van der Waals surface area contributed by atoms with Crippen LogP contribution in [0.2, 0.25) is 0 Å². The minimum absolute atomic E-state index is 0.126. The highest BCUT2D eigenvalue weighted by Crippen LogP contribution is 2.32. The zero-order chi connectivity index (χ0) is 25.1. The molecule has 8 nitrogen and oxygen atoms in total. The molecule has 0 saturated heterocycles. The Labute approximate surface area is 211 Å². The molecule has 2 amide bonds. The lowest BCUT2D eigenvalue weighted by Gasteiger charge is -2.44. The van der Waals surface area contributed by atoms with Crippen molar-refractivity contribution in [1.82, 2.24) is 20.0 Å². The number of carbonyl (C=O) groups is 2. The first kappa shape index (κ1) is 24.2. The van der Waals surface area contributed by atoms with E-state index < -0.39 is 5.54 Å². The van der Waals surface area contributed by atoms with Crippen molar-refractivity contribution in [1.29, 1.82) is 0 Å². The van der Waals surface area contributed by atoms with Crippen molar-refractivity contribution in [2.45, 2.75) is 76.5 Å². The lowest BCUT2D eigenvalue weighted by atomic mass is 9.91. The van der Waals surface area contributed by atoms with Crippen molar-refractivity contribution in [3.63, 3.8) is 0 Å². The molecule has 0 spiro atoms. The van der Waals surface area contributed by atoms with Crippen LogP contribution in [0, 0.1) is 0 Å². The van der Waals surface area contributed by atoms with Crippen LogP contribution in [-0.2, 0) is 17.9 Å². The van der Waals surface area contributed by atoms with Crippen molar-refractivity contribution < 1.29 is 18.7 Å². The number of nitrogens with zero attached hydrogens (tertiary/aromatic N) is 3. The summed E-state index contributed by atoms with van der Waals surface area (Å²) in [5, 5.41) is 7.94. The van der Waals surface area contributed by atoms with E-state index >= 15 is 0 Å². The number of furan rings is 1. The Balaban J connectivity index is 1.48. The molecule has 1 aliphatic heterocycles. The predicted molar refractivity (Wildman–Crippen MR) is 135 cm³/mol. The molecule has 36 heavy (non-hydrogen) atoms. The van der Waals surface area contributed by atoms with Crippen LogP contribution in [0.1, 0.15) is 67.9 Å². The summed E-state index contributed by atoms with van der Waals surface area (Å²) >= 11 is 0. The van der Waals surface area contributed by atoms with Gasteiger partial charge in [-0.25, -0.2) is 0 Å². The summed E-state index contributed by atoms with van der Waals surface area (Å²) < 4.78 is 12.5. The fourth-order valence-corrected chi connectivity index (χ4v) is 5.33. The predicted octanol–water partition coefficient (Wildman–Crippen LogP) is 4.80. The highest BCUT2D eigenvalue weighted by molar-refractivity contribution is 6.00. The van der Waals surface area contributed by atoms with Gasteiger partial charge in [0.25, 0.3) is 5.91 Å². The zero-order valence-corrected chi connectivity index (χ0v) is 21.0. The van der Waals surface area contributed by atoms with Crippen LogP contribution in [-0.4, -0.2) is 45.2 Å². The molecule has 1 saturated carbocycles. The topological polar surface area (TPSA) is 89.6 Å². The number of aromatic nitrogens is 2. The third-order valence-electron chi connectivity index (χ3n) is 7.48. The molecule has 1 N–H and O–H groups in total. The van der Waals surface area contributed by atoms with E-state index in [2.05, 4.69) is 10.4 Å². The van der Waals surface area contributed by atoms with Gasteiger partial charge in [-0.3, -0.25) is 14.3 Å². The maximum absolute atomic E-state index is 13.9. The van der Waals surface area contributed by atoms with E-state index in [1.54, 1.807) is 35.1 Å². The standard InChI is InChI=1S/C28H34N4O4/c1-28(27(34)29-21-11-6-4-3-5-7-12-21)19-32-24(17-23(30-32)25-14-9-15-36-25)26(33)31(28)18-20-10-8-13-22(16-20)35-2/h8-10,13-17,21H,3-7,11-12,18-19H2,1-2H3,(H,29,34)/t28-/m0/s1. The quantitative estimate of drug-likeness (QED) is 0.536. The van der Waals surface area contributed by atoms with Gasteiger partial charge in [0, 0.05) is 18.7 Å². The third-order valence-corrected chi connectivity index (χ3v) is 7.48. The van der Waals surface area contributed by atoms with Gasteiger partial charge < -0.3 is 19.4 Å². The van der Waals surface area contributed by atoms with Crippen molar-refractivity contribution in [2.75, 3.05) is 7.11 Å². The summed E-state index contributed by atoms with van der Waals surface area (Å²) in [5.74, 6) is 0.933. The SMILES string of the molecule is COc1cccc(CN2C(=O)c3cc(-c4ccco4)nn3C[C@@]2(C)C(=O)NC2CCCCCCC2)c1. The second kappa shape index (κ2) is 10.2. The van der Waals surface area contributed by atoms with Crippen LogP contribution in [0.4, 0.5) is 0 Å². The monoisotopic (exact) mass is 490 g/mol. The highest BCUT2D eigenvalue weighted by atomic mass is 16.5. The number of carbonyl (C=O) groups excluding carboxylic acids is 2. The minimum Gasteiger partial charge on any atom is -0.497 e. The molecule has 0 bridgehead atoms. The van der Waals surface area contributed by atoms with Crippen LogP contribution in [0.15, 0.2) is 53.1 Å². The summed E-state index contributed by atoms with van der Waals surface area (Å²) in [6.07, 6.45) is 9.43. The molecule has 3 aromatic rings. The van der Waals surface area contributed by atoms with Crippen LogP contribution in [0.5, 0.6) is 5.75 Å². The highest BCUT2D eigenvalue weighted by Gasteiger charge is 2.48. The van der Waals surface area contributed by atoms with Gasteiger partial charge >= 0.3 is 0 Å². The van der Waals surface area contributed by atoms with E-state index in [1.165, 1.54) is 19.3 Å². The number of methoxy groups -OCH3 is 1. The van der Waals surface area contributed by atoms with Gasteiger partial charge in [-0.05, 0) is 49.6 Å². The van der Waals surface area contributed by atoms with Gasteiger partial charge in [0.05, 0.1) is 19.9 Å². The summed E-state index contributed by atoms with van der Waals surface area (Å²) in [6.45, 7) is 2.39. The molecule has 8 heteroatoms. The van der Waals surface area contributed by atoms with Gasteiger partial charge in [-0.2, -0.15) is 5.10 Å². The van der Waals surface area contributed by atoms with Crippen LogP contribution < -0.4 is 10.1 Å². The third kappa shape index (κ3) is 4.76. The zero-order valence-electron chi connectivity index (χ0n) is 21.0. The number of benzene rings is 1. The average Bonchev–Trinajstić information content (AvgIpc) is 3.53. The normalized spacial score (nSPS) is 20.9. The smallest absolute Gasteiger partial charge is 0.273 e. The second-order valence-electron chi connectivity index (χ2n) is 10.1. The average molecular weight is 491 g/mol. The Morgan fingerprint density at radius 2 is 1.92 bits per heavy atom. The number of hydrogen-bond acceptors (Lipinski definition) is 5. The molecule has 2 aliphatic rings. The van der Waals surface area contributed by atoms with Crippen molar-refractivity contribution in [3.05, 3.63) is 60.0 Å². The molecule has 5 rings (SSSR count). The number of rotatable bonds is 6. The lowest BCUT2D eigenvalue weighted by Crippen LogP contribution is -2.64. The molecule has 190 valence electrons. The second-order valence-corrected chi connectivity index (χ2v) is 10.1. The molecule has 1 atom stereocenters. The number of fused-ring (bicyclic) bond motifs is 1. The molecule has 1 aromatic carbocycles. The Bertz CT molecular complexity index is 1210. The van der Waals surface area contributed by atoms with E-state index in [9.17, 15) is 9.59 Å². The van der Waals surface area contributed by atoms with E-state index in [0.29, 0.717) is 22.9 Å². The molecule has 0 unspecified atom stereocenters. The van der Waals surface area contributed by atoms with Gasteiger partial charge in [0.1, 0.15) is 22.7 Å². The Morgan fingerprint density at radius 1 is 1.14 bits per heavy atom. The lowest BCUT2D eigenvalue weighted by molar-refractivity contribution is -0.134. The molecular formula is C28H34N4O4. The Kier molecular flexibility index (Phi) is 6.85. The maximum Gasteiger partial charge on any atom is 0.273 e. The molecule has 2 aromatic heterocycles. The Morgan fingerprint density at radius 3 is 2.64 bits per heavy atom. The molecular weight excluding hydrogens is 456 g/mol. The number of hydrogen-bond donors (Lipinski definition) is 1. The summed E-state index contributed by atoms with van der Waals surface area (Å²) in [4.78, 5) is 29.5. The number of nitrogens with one attached hydrogen (secondary N) is 1. The fourth-order valence-electron chi connectivity index (χ4n) is 5.33. The Hall–Kier alpha value is -3.55. The first-order chi connectivity index (χ1) is 17.5. The van der Waals surface area contributed by atoms with E-state index in [-0.39, 0.29) is 30.9 Å². The van der Waals surface area contributed by atoms with Crippen LogP contribution in [0.25, 0.3) is 11.5 Å². The van der Waals surface area contributed by atoms with Crippen LogP contribution >= 0.6 is 0 Å². The van der Waals surface area contributed by atoms with Crippen molar-refractivity contribution in [2.24, 2.45) is 0 Å². The van der Waals surface area contributed by atoms with Gasteiger partial charge in [0.15, 0.2) is 5.76 Å². The van der Waals surface area contributed by atoms with Crippen molar-refractivity contribution in [3.8, 4) is 17.2 Å². The molecule has 0 radical (unpaired) electrons. The van der Waals surface area contributed by atoms with Crippen LogP contribution in [0.3, 0.4) is 0 Å². The summed E-state index contributed by atoms with van der Waals surface area (Å²) in [7, 11) is 1.62. The van der Waals surface area contributed by atoms with E-state index in [4.69, 9.17) is 9.15 Å². The number of amides is 2. The summed E-state index contributed by atoms with van der Waals surface area (Å²) in [6, 6.07) is 13.1. The van der Waals surface area contributed by atoms with Gasteiger partial charge in [-0.1, -0.05) is 44.2 Å². The molecule has 1 aliphatic carbocycles. The molecule has 3 heterocycles. The van der Waals surface area contributed by atoms with Gasteiger partial charge in [0.2, 0.25) is 5.91 Å². The summed E-state index contributed by atoms with van der Waals surface area (Å²) in [5.41, 5.74) is 0.809. The fraction of sp³-hybridized carbons (Fsp3) is 0.464. The van der Waals surface area contributed by atoms with E-state index in [0.717, 1.165) is 31.2 Å². The van der Waals surface area contributed by atoms with E-state index in [1.807, 2.05) is 37.3 Å². The minimum atomic E-state index is -1.11. The maximum atomic E-state index is 13.9. The first-order valence-electron chi connectivity index (χ1n) is 12.9.